The summed E-state index contributed by atoms with van der Waals surface area (Å²) >= 11 is 0. The molecule has 0 aliphatic rings. The maximum atomic E-state index is 12.9. The molecule has 0 aromatic carbocycles. The first kappa shape index (κ1) is 71.6. The Morgan fingerprint density at radius 3 is 0.784 bits per heavy atom. The summed E-state index contributed by atoms with van der Waals surface area (Å²) < 4.78 is 17.0. The van der Waals surface area contributed by atoms with Gasteiger partial charge in [0.1, 0.15) is 13.2 Å². The van der Waals surface area contributed by atoms with Crippen molar-refractivity contribution in [3.8, 4) is 0 Å². The minimum Gasteiger partial charge on any atom is -0.462 e. The second-order valence-corrected chi connectivity index (χ2v) is 22.4. The van der Waals surface area contributed by atoms with Gasteiger partial charge in [0, 0.05) is 19.3 Å². The molecule has 0 amide bonds. The molecule has 1 atom stereocenters. The van der Waals surface area contributed by atoms with Crippen molar-refractivity contribution < 1.29 is 28.6 Å². The van der Waals surface area contributed by atoms with Crippen LogP contribution in [0.2, 0.25) is 0 Å². The van der Waals surface area contributed by atoms with Crippen LogP contribution in [0, 0.1) is 0 Å². The van der Waals surface area contributed by atoms with Gasteiger partial charge in [0.15, 0.2) is 6.10 Å². The first-order chi connectivity index (χ1) is 36.5. The third-order valence-electron chi connectivity index (χ3n) is 14.9. The minimum atomic E-state index is -0.776. The first-order valence-electron chi connectivity index (χ1n) is 33.0. The van der Waals surface area contributed by atoms with Gasteiger partial charge < -0.3 is 14.2 Å². The van der Waals surface area contributed by atoms with Crippen molar-refractivity contribution in [1.82, 2.24) is 0 Å². The van der Waals surface area contributed by atoms with E-state index >= 15 is 0 Å². The van der Waals surface area contributed by atoms with Crippen molar-refractivity contribution >= 4 is 17.9 Å². The van der Waals surface area contributed by atoms with E-state index in [1.807, 2.05) is 0 Å². The van der Waals surface area contributed by atoms with Gasteiger partial charge in [0.05, 0.1) is 0 Å². The van der Waals surface area contributed by atoms with Crippen LogP contribution < -0.4 is 0 Å². The molecule has 0 heterocycles. The number of ether oxygens (including phenoxy) is 3. The number of unbranched alkanes of at least 4 members (excludes halogenated alkanes) is 44. The molecule has 0 radical (unpaired) electrons. The van der Waals surface area contributed by atoms with Gasteiger partial charge >= 0.3 is 17.9 Å². The van der Waals surface area contributed by atoms with Gasteiger partial charge in [-0.3, -0.25) is 14.4 Å². The highest BCUT2D eigenvalue weighted by Crippen LogP contribution is 2.18. The standard InChI is InChI=1S/C68H126O6/c1-4-7-10-13-16-19-22-25-28-30-32-33-34-36-37-40-43-46-49-52-55-58-61-67(70)73-64-65(63-72-66(69)60-57-54-51-48-45-42-39-27-24-21-18-15-12-9-6-3)74-68(71)62-59-56-53-50-47-44-41-38-35-31-29-26-23-20-17-14-11-8-5-2/h17,20,26-27,29,39,65H,4-16,18-19,21-25,28,30-38,40-64H2,1-3H3/b20-17-,29-26-,39-27-. The average molecular weight is 1040 g/mol. The largest absolute Gasteiger partial charge is 0.462 e. The van der Waals surface area contributed by atoms with Crippen LogP contribution in [0.5, 0.6) is 0 Å². The van der Waals surface area contributed by atoms with Crippen molar-refractivity contribution in [2.24, 2.45) is 0 Å². The summed E-state index contributed by atoms with van der Waals surface area (Å²) in [5, 5.41) is 0. The molecule has 0 aliphatic carbocycles. The van der Waals surface area contributed by atoms with Crippen molar-refractivity contribution in [1.29, 1.82) is 0 Å². The van der Waals surface area contributed by atoms with Crippen LogP contribution in [0.15, 0.2) is 36.5 Å². The Labute approximate surface area is 461 Å². The zero-order valence-electron chi connectivity index (χ0n) is 49.9. The lowest BCUT2D eigenvalue weighted by Crippen LogP contribution is -2.30. The fraction of sp³-hybridized carbons (Fsp3) is 0.868. The monoisotopic (exact) mass is 1040 g/mol. The third kappa shape index (κ3) is 60.5. The Morgan fingerprint density at radius 1 is 0.270 bits per heavy atom. The van der Waals surface area contributed by atoms with Gasteiger partial charge in [0.25, 0.3) is 0 Å². The Bertz CT molecular complexity index is 1240. The lowest BCUT2D eigenvalue weighted by Gasteiger charge is -2.18. The summed E-state index contributed by atoms with van der Waals surface area (Å²) in [6.07, 6.45) is 77.2. The fourth-order valence-electron chi connectivity index (χ4n) is 9.88. The summed E-state index contributed by atoms with van der Waals surface area (Å²) in [4.78, 5) is 38.3. The Hall–Kier alpha value is -2.37. The SMILES string of the molecule is CCCCC/C=C\C/C=C\CCCCCCCCCCCC(=O)OC(COC(=O)CCCCCCC/C=C\CCCCCCCC)COC(=O)CCCCCCCCCCCCCCCCCCCCCCCC. The van der Waals surface area contributed by atoms with E-state index in [9.17, 15) is 14.4 Å². The Morgan fingerprint density at radius 2 is 0.486 bits per heavy atom. The van der Waals surface area contributed by atoms with Crippen molar-refractivity contribution in [3.05, 3.63) is 36.5 Å². The van der Waals surface area contributed by atoms with Gasteiger partial charge in [-0.2, -0.15) is 0 Å². The molecule has 74 heavy (non-hydrogen) atoms. The fourth-order valence-corrected chi connectivity index (χ4v) is 9.88. The predicted octanol–water partition coefficient (Wildman–Crippen LogP) is 22.4. The van der Waals surface area contributed by atoms with Crippen molar-refractivity contribution in [2.75, 3.05) is 13.2 Å². The number of carbonyl (C=O) groups excluding carboxylic acids is 3. The highest BCUT2D eigenvalue weighted by molar-refractivity contribution is 5.71. The minimum absolute atomic E-state index is 0.0720. The summed E-state index contributed by atoms with van der Waals surface area (Å²) in [5.41, 5.74) is 0. The van der Waals surface area contributed by atoms with E-state index in [1.54, 1.807) is 0 Å². The Kier molecular flexibility index (Phi) is 61.1. The average Bonchev–Trinajstić information content (AvgIpc) is 3.40. The molecular weight excluding hydrogens is 913 g/mol. The number of rotatable bonds is 61. The molecule has 0 bridgehead atoms. The van der Waals surface area contributed by atoms with Crippen LogP contribution >= 0.6 is 0 Å². The zero-order valence-corrected chi connectivity index (χ0v) is 49.9. The third-order valence-corrected chi connectivity index (χ3v) is 14.9. The molecule has 0 aromatic heterocycles. The van der Waals surface area contributed by atoms with Crippen LogP contribution in [0.4, 0.5) is 0 Å². The van der Waals surface area contributed by atoms with Gasteiger partial charge in [-0.1, -0.05) is 301 Å². The highest BCUT2D eigenvalue weighted by atomic mass is 16.6. The molecule has 0 spiro atoms. The molecule has 0 saturated carbocycles. The summed E-state index contributed by atoms with van der Waals surface area (Å²) in [5.74, 6) is -0.860. The van der Waals surface area contributed by atoms with Crippen LogP contribution in [-0.4, -0.2) is 37.2 Å². The topological polar surface area (TPSA) is 78.9 Å². The molecule has 0 aliphatic heterocycles. The number of esters is 3. The maximum Gasteiger partial charge on any atom is 0.306 e. The van der Waals surface area contributed by atoms with Crippen LogP contribution in [-0.2, 0) is 28.6 Å². The zero-order chi connectivity index (χ0) is 53.6. The Balaban J connectivity index is 4.30. The summed E-state index contributed by atoms with van der Waals surface area (Å²) in [6.45, 7) is 6.67. The van der Waals surface area contributed by atoms with Crippen molar-refractivity contribution in [3.63, 3.8) is 0 Å². The van der Waals surface area contributed by atoms with Gasteiger partial charge in [-0.05, 0) is 77.0 Å². The molecule has 1 unspecified atom stereocenters. The van der Waals surface area contributed by atoms with E-state index in [0.29, 0.717) is 19.3 Å². The lowest BCUT2D eigenvalue weighted by atomic mass is 10.0. The number of hydrogen-bond acceptors (Lipinski definition) is 6. The van der Waals surface area contributed by atoms with Gasteiger partial charge in [-0.15, -0.1) is 0 Å². The molecule has 6 heteroatoms. The molecule has 434 valence electrons. The van der Waals surface area contributed by atoms with E-state index in [4.69, 9.17) is 14.2 Å². The van der Waals surface area contributed by atoms with Crippen LogP contribution in [0.1, 0.15) is 361 Å². The summed E-state index contributed by atoms with van der Waals surface area (Å²) in [7, 11) is 0. The van der Waals surface area contributed by atoms with E-state index < -0.39 is 6.10 Å². The quantitative estimate of drug-likeness (QED) is 0.0261. The molecule has 0 rings (SSSR count). The predicted molar refractivity (Wildman–Crippen MR) is 321 cm³/mol. The van der Waals surface area contributed by atoms with E-state index in [2.05, 4.69) is 57.2 Å². The van der Waals surface area contributed by atoms with Crippen LogP contribution in [0.3, 0.4) is 0 Å². The van der Waals surface area contributed by atoms with Crippen molar-refractivity contribution in [2.45, 2.75) is 367 Å². The number of carbonyl (C=O) groups is 3. The van der Waals surface area contributed by atoms with Crippen LogP contribution in [0.25, 0.3) is 0 Å². The lowest BCUT2D eigenvalue weighted by molar-refractivity contribution is -0.167. The second kappa shape index (κ2) is 63.2. The maximum absolute atomic E-state index is 12.9. The molecule has 0 aromatic rings. The van der Waals surface area contributed by atoms with Gasteiger partial charge in [-0.25, -0.2) is 0 Å². The molecule has 6 nitrogen and oxygen atoms in total. The van der Waals surface area contributed by atoms with E-state index in [-0.39, 0.29) is 31.1 Å². The normalized spacial score (nSPS) is 12.2. The van der Waals surface area contributed by atoms with E-state index in [1.165, 1.54) is 250 Å². The molecule has 0 saturated heterocycles. The molecule has 0 N–H and O–H groups in total. The molecular formula is C68H126O6. The first-order valence-corrected chi connectivity index (χ1v) is 33.0. The summed E-state index contributed by atoms with van der Waals surface area (Å²) in [6, 6.07) is 0. The highest BCUT2D eigenvalue weighted by Gasteiger charge is 2.19. The second-order valence-electron chi connectivity index (χ2n) is 22.4. The van der Waals surface area contributed by atoms with E-state index in [0.717, 1.165) is 70.6 Å². The smallest absolute Gasteiger partial charge is 0.306 e. The van der Waals surface area contributed by atoms with Gasteiger partial charge in [0.2, 0.25) is 0 Å². The number of allylic oxidation sites excluding steroid dienone is 6. The molecule has 0 fully saturated rings. The number of hydrogen-bond donors (Lipinski definition) is 0.